The second kappa shape index (κ2) is 5.16. The van der Waals surface area contributed by atoms with E-state index in [2.05, 4.69) is 10.1 Å². The summed E-state index contributed by atoms with van der Waals surface area (Å²) in [6.45, 7) is 9.88. The fourth-order valence-electron chi connectivity index (χ4n) is 1.20. The lowest BCUT2D eigenvalue weighted by atomic mass is 10.2. The molecule has 1 aromatic heterocycles. The molecular formula is C11H19N3O3. The van der Waals surface area contributed by atoms with Crippen LogP contribution in [0.5, 0.6) is 0 Å². The van der Waals surface area contributed by atoms with Crippen molar-refractivity contribution < 1.29 is 14.1 Å². The second-order valence-electron chi connectivity index (χ2n) is 4.73. The summed E-state index contributed by atoms with van der Waals surface area (Å²) in [4.78, 5) is 17.4. The molecule has 1 amide bonds. The van der Waals surface area contributed by atoms with E-state index in [0.717, 1.165) is 0 Å². The predicted octanol–water partition coefficient (Wildman–Crippen LogP) is 2.14. The van der Waals surface area contributed by atoms with Crippen molar-refractivity contribution in [3.8, 4) is 0 Å². The summed E-state index contributed by atoms with van der Waals surface area (Å²) >= 11 is 0. The van der Waals surface area contributed by atoms with Crippen molar-refractivity contribution >= 4 is 6.09 Å². The molecule has 0 saturated heterocycles. The first-order valence-electron chi connectivity index (χ1n) is 5.59. The fourth-order valence-corrected chi connectivity index (χ4v) is 1.20. The van der Waals surface area contributed by atoms with Gasteiger partial charge in [0, 0.05) is 6.54 Å². The molecule has 0 radical (unpaired) electrons. The number of hydrogen-bond acceptors (Lipinski definition) is 5. The van der Waals surface area contributed by atoms with Gasteiger partial charge in [-0.3, -0.25) is 4.90 Å². The molecule has 17 heavy (non-hydrogen) atoms. The monoisotopic (exact) mass is 241 g/mol. The van der Waals surface area contributed by atoms with E-state index in [1.807, 2.05) is 27.7 Å². The highest BCUT2D eigenvalue weighted by Gasteiger charge is 2.22. The van der Waals surface area contributed by atoms with Gasteiger partial charge in [-0.2, -0.15) is 4.98 Å². The third kappa shape index (κ3) is 4.42. The highest BCUT2D eigenvalue weighted by Crippen LogP contribution is 2.11. The Morgan fingerprint density at radius 2 is 2.12 bits per heavy atom. The van der Waals surface area contributed by atoms with E-state index in [0.29, 0.717) is 18.3 Å². The number of carbonyl (C=O) groups is 1. The highest BCUT2D eigenvalue weighted by molar-refractivity contribution is 5.67. The van der Waals surface area contributed by atoms with Crippen LogP contribution in [0.3, 0.4) is 0 Å². The second-order valence-corrected chi connectivity index (χ2v) is 4.73. The third-order valence-corrected chi connectivity index (χ3v) is 1.93. The van der Waals surface area contributed by atoms with E-state index in [4.69, 9.17) is 9.26 Å². The Kier molecular flexibility index (Phi) is 4.09. The van der Waals surface area contributed by atoms with Crippen LogP contribution in [0.25, 0.3) is 0 Å². The number of hydrogen-bond donors (Lipinski definition) is 0. The normalized spacial score (nSPS) is 11.4. The molecule has 0 aromatic carbocycles. The highest BCUT2D eigenvalue weighted by atomic mass is 16.6. The molecule has 0 fully saturated rings. The molecule has 0 aliphatic heterocycles. The summed E-state index contributed by atoms with van der Waals surface area (Å²) in [5.41, 5.74) is -0.505. The number of aromatic nitrogens is 2. The summed E-state index contributed by atoms with van der Waals surface area (Å²) in [5.74, 6) is 0.968. The Bertz CT molecular complexity index is 382. The SMILES string of the molecule is CCN(Cc1nc(C)no1)C(=O)OC(C)(C)C. The van der Waals surface area contributed by atoms with E-state index < -0.39 is 5.60 Å². The molecule has 0 atom stereocenters. The van der Waals surface area contributed by atoms with Gasteiger partial charge in [0.15, 0.2) is 5.82 Å². The molecular weight excluding hydrogens is 222 g/mol. The Labute approximate surface area is 101 Å². The van der Waals surface area contributed by atoms with E-state index in [1.54, 1.807) is 6.92 Å². The van der Waals surface area contributed by atoms with Gasteiger partial charge in [-0.25, -0.2) is 4.79 Å². The van der Waals surface area contributed by atoms with E-state index in [-0.39, 0.29) is 12.6 Å². The maximum atomic E-state index is 11.8. The Hall–Kier alpha value is -1.59. The van der Waals surface area contributed by atoms with Gasteiger partial charge in [0.05, 0.1) is 0 Å². The maximum Gasteiger partial charge on any atom is 0.410 e. The van der Waals surface area contributed by atoms with Crippen molar-refractivity contribution in [2.45, 2.75) is 46.8 Å². The van der Waals surface area contributed by atoms with Crippen molar-refractivity contribution in [3.63, 3.8) is 0 Å². The van der Waals surface area contributed by atoms with Gasteiger partial charge in [-0.1, -0.05) is 5.16 Å². The summed E-state index contributed by atoms with van der Waals surface area (Å²) in [5, 5.41) is 3.67. The minimum Gasteiger partial charge on any atom is -0.444 e. The number of ether oxygens (including phenoxy) is 1. The van der Waals surface area contributed by atoms with Crippen LogP contribution in [-0.4, -0.2) is 33.3 Å². The van der Waals surface area contributed by atoms with E-state index >= 15 is 0 Å². The van der Waals surface area contributed by atoms with Crippen LogP contribution in [0.1, 0.15) is 39.4 Å². The Morgan fingerprint density at radius 3 is 2.53 bits per heavy atom. The lowest BCUT2D eigenvalue weighted by Crippen LogP contribution is -2.36. The fraction of sp³-hybridized carbons (Fsp3) is 0.727. The Morgan fingerprint density at radius 1 is 1.47 bits per heavy atom. The summed E-state index contributed by atoms with van der Waals surface area (Å²) < 4.78 is 10.2. The zero-order chi connectivity index (χ0) is 13.1. The first-order chi connectivity index (χ1) is 7.81. The van der Waals surface area contributed by atoms with E-state index in [9.17, 15) is 4.79 Å². The molecule has 96 valence electrons. The van der Waals surface area contributed by atoms with Gasteiger partial charge in [0.25, 0.3) is 0 Å². The smallest absolute Gasteiger partial charge is 0.410 e. The number of carbonyl (C=O) groups excluding carboxylic acids is 1. The van der Waals surface area contributed by atoms with Gasteiger partial charge in [-0.05, 0) is 34.6 Å². The van der Waals surface area contributed by atoms with Crippen LogP contribution in [0.4, 0.5) is 4.79 Å². The van der Waals surface area contributed by atoms with Gasteiger partial charge in [0.2, 0.25) is 5.89 Å². The molecule has 6 nitrogen and oxygen atoms in total. The average molecular weight is 241 g/mol. The van der Waals surface area contributed by atoms with Crippen molar-refractivity contribution in [3.05, 3.63) is 11.7 Å². The molecule has 6 heteroatoms. The summed E-state index contributed by atoms with van der Waals surface area (Å²) in [6, 6.07) is 0. The predicted molar refractivity (Wildman–Crippen MR) is 61.4 cm³/mol. The van der Waals surface area contributed by atoms with Crippen LogP contribution in [0.2, 0.25) is 0 Å². The third-order valence-electron chi connectivity index (χ3n) is 1.93. The molecule has 1 heterocycles. The molecule has 1 rings (SSSR count). The molecule has 0 N–H and O–H groups in total. The lowest BCUT2D eigenvalue weighted by Gasteiger charge is -2.25. The number of aryl methyl sites for hydroxylation is 1. The largest absolute Gasteiger partial charge is 0.444 e. The number of nitrogens with zero attached hydrogens (tertiary/aromatic N) is 3. The standard InChI is InChI=1S/C11H19N3O3/c1-6-14(10(15)16-11(3,4)5)7-9-12-8(2)13-17-9/h6-7H2,1-5H3. The Balaban J connectivity index is 2.62. The topological polar surface area (TPSA) is 68.5 Å². The molecule has 0 unspecified atom stereocenters. The number of rotatable bonds is 3. The van der Waals surface area contributed by atoms with Crippen LogP contribution in [-0.2, 0) is 11.3 Å². The minimum absolute atomic E-state index is 0.270. The van der Waals surface area contributed by atoms with Crippen molar-refractivity contribution in [2.24, 2.45) is 0 Å². The molecule has 0 aliphatic rings. The van der Waals surface area contributed by atoms with Gasteiger partial charge in [0.1, 0.15) is 12.1 Å². The van der Waals surface area contributed by atoms with Crippen LogP contribution in [0.15, 0.2) is 4.52 Å². The van der Waals surface area contributed by atoms with Crippen molar-refractivity contribution in [1.29, 1.82) is 0 Å². The van der Waals surface area contributed by atoms with Gasteiger partial charge in [-0.15, -0.1) is 0 Å². The van der Waals surface area contributed by atoms with Crippen LogP contribution >= 0.6 is 0 Å². The van der Waals surface area contributed by atoms with E-state index in [1.165, 1.54) is 4.90 Å². The van der Waals surface area contributed by atoms with Crippen LogP contribution in [0, 0.1) is 6.92 Å². The first-order valence-corrected chi connectivity index (χ1v) is 5.59. The maximum absolute atomic E-state index is 11.8. The molecule has 0 saturated carbocycles. The zero-order valence-corrected chi connectivity index (χ0v) is 11.0. The average Bonchev–Trinajstić information content (AvgIpc) is 2.57. The molecule has 0 bridgehead atoms. The molecule has 0 aliphatic carbocycles. The first kappa shape index (κ1) is 13.5. The molecule has 1 aromatic rings. The quantitative estimate of drug-likeness (QED) is 0.810. The van der Waals surface area contributed by atoms with Gasteiger partial charge < -0.3 is 9.26 Å². The zero-order valence-electron chi connectivity index (χ0n) is 11.0. The summed E-state index contributed by atoms with van der Waals surface area (Å²) in [7, 11) is 0. The number of amides is 1. The van der Waals surface area contributed by atoms with Gasteiger partial charge >= 0.3 is 6.09 Å². The molecule has 0 spiro atoms. The van der Waals surface area contributed by atoms with Crippen molar-refractivity contribution in [1.82, 2.24) is 15.0 Å². The minimum atomic E-state index is -0.505. The van der Waals surface area contributed by atoms with Crippen molar-refractivity contribution in [2.75, 3.05) is 6.54 Å². The lowest BCUT2D eigenvalue weighted by molar-refractivity contribution is 0.0226. The van der Waals surface area contributed by atoms with Crippen LogP contribution < -0.4 is 0 Å². The summed E-state index contributed by atoms with van der Waals surface area (Å²) in [6.07, 6.45) is -0.379.